The van der Waals surface area contributed by atoms with Crippen LogP contribution in [0, 0.1) is 6.92 Å². The van der Waals surface area contributed by atoms with Crippen molar-refractivity contribution in [1.29, 1.82) is 0 Å². The van der Waals surface area contributed by atoms with E-state index >= 15 is 0 Å². The van der Waals surface area contributed by atoms with Crippen molar-refractivity contribution in [1.82, 2.24) is 35.9 Å². The van der Waals surface area contributed by atoms with E-state index in [2.05, 4.69) is 37.7 Å². The molecule has 4 aromatic heterocycles. The van der Waals surface area contributed by atoms with E-state index in [1.165, 1.54) is 4.88 Å². The molecule has 0 bridgehead atoms. The van der Waals surface area contributed by atoms with Crippen LogP contribution in [0.15, 0.2) is 48.0 Å². The molecule has 1 aliphatic heterocycles. The molecule has 0 radical (unpaired) electrons. The van der Waals surface area contributed by atoms with Crippen molar-refractivity contribution in [3.8, 4) is 5.82 Å². The van der Waals surface area contributed by atoms with E-state index in [1.54, 1.807) is 22.2 Å². The monoisotopic (exact) mass is 445 g/mol. The first-order chi connectivity index (χ1) is 15.7. The maximum Gasteiger partial charge on any atom is 0.253 e. The van der Waals surface area contributed by atoms with E-state index in [0.717, 1.165) is 36.0 Å². The molecule has 1 saturated carbocycles. The first kappa shape index (κ1) is 19.5. The quantitative estimate of drug-likeness (QED) is 0.436. The molecular weight excluding hydrogens is 422 g/mol. The molecule has 0 aromatic carbocycles. The molecule has 2 fully saturated rings. The number of hydrogen-bond acceptors (Lipinski definition) is 7. The molecule has 2 unspecified atom stereocenters. The molecule has 2 atom stereocenters. The smallest absolute Gasteiger partial charge is 0.253 e. The van der Waals surface area contributed by atoms with E-state index in [4.69, 9.17) is 4.98 Å². The molecule has 3 N–H and O–H groups in total. The third-order valence-electron chi connectivity index (χ3n) is 6.03. The van der Waals surface area contributed by atoms with E-state index in [9.17, 15) is 4.79 Å². The minimum Gasteiger partial charge on any atom is -0.335 e. The Bertz CT molecular complexity index is 1280. The van der Waals surface area contributed by atoms with Gasteiger partial charge in [-0.15, -0.1) is 11.3 Å². The molecule has 5 heterocycles. The molecule has 1 saturated heterocycles. The van der Waals surface area contributed by atoms with E-state index < -0.39 is 0 Å². The number of nitrogens with one attached hydrogen (secondary N) is 3. The zero-order valence-electron chi connectivity index (χ0n) is 17.6. The van der Waals surface area contributed by atoms with Crippen LogP contribution in [0.4, 0.5) is 0 Å². The predicted octanol–water partition coefficient (Wildman–Crippen LogP) is 3.36. The minimum absolute atomic E-state index is 0.117. The summed E-state index contributed by atoms with van der Waals surface area (Å²) in [6.45, 7) is 1.92. The van der Waals surface area contributed by atoms with Gasteiger partial charge in [-0.3, -0.25) is 4.79 Å². The minimum atomic E-state index is -0.159. The summed E-state index contributed by atoms with van der Waals surface area (Å²) in [6.07, 6.45) is 4.56. The van der Waals surface area contributed by atoms with Gasteiger partial charge in [0.15, 0.2) is 11.5 Å². The lowest BCUT2D eigenvalue weighted by Gasteiger charge is -2.14. The summed E-state index contributed by atoms with van der Waals surface area (Å²) in [5, 5.41) is 10.7. The van der Waals surface area contributed by atoms with Gasteiger partial charge in [-0.1, -0.05) is 12.1 Å². The van der Waals surface area contributed by atoms with E-state index in [1.807, 2.05) is 37.3 Å². The number of carbonyl (C=O) groups is 1. The number of nitrogens with zero attached hydrogens (tertiary/aromatic N) is 4. The van der Waals surface area contributed by atoms with E-state index in [-0.39, 0.29) is 18.1 Å². The summed E-state index contributed by atoms with van der Waals surface area (Å²) < 4.78 is 1.75. The highest BCUT2D eigenvalue weighted by Gasteiger charge is 2.31. The number of amides is 1. The molecule has 162 valence electrons. The molecule has 1 aliphatic carbocycles. The maximum absolute atomic E-state index is 13.4. The summed E-state index contributed by atoms with van der Waals surface area (Å²) in [4.78, 5) is 24.0. The second kappa shape index (κ2) is 7.77. The summed E-state index contributed by atoms with van der Waals surface area (Å²) in [7, 11) is 0. The van der Waals surface area contributed by atoms with Crippen LogP contribution >= 0.6 is 11.3 Å². The Morgan fingerprint density at radius 2 is 2.12 bits per heavy atom. The number of thiophene rings is 1. The van der Waals surface area contributed by atoms with Crippen LogP contribution in [0.2, 0.25) is 0 Å². The number of hydrazine groups is 1. The van der Waals surface area contributed by atoms with Gasteiger partial charge in [-0.25, -0.2) is 20.8 Å². The Morgan fingerprint density at radius 1 is 1.22 bits per heavy atom. The molecule has 9 heteroatoms. The van der Waals surface area contributed by atoms with Crippen molar-refractivity contribution >= 4 is 28.3 Å². The fourth-order valence-electron chi connectivity index (χ4n) is 4.28. The van der Waals surface area contributed by atoms with E-state index in [0.29, 0.717) is 22.9 Å². The van der Waals surface area contributed by atoms with Crippen LogP contribution in [0.5, 0.6) is 0 Å². The van der Waals surface area contributed by atoms with Crippen LogP contribution in [0.3, 0.4) is 0 Å². The third kappa shape index (κ3) is 3.48. The van der Waals surface area contributed by atoms with Gasteiger partial charge in [0.25, 0.3) is 5.91 Å². The van der Waals surface area contributed by atoms with Crippen LogP contribution < -0.4 is 16.2 Å². The van der Waals surface area contributed by atoms with Crippen LogP contribution in [-0.4, -0.2) is 31.8 Å². The SMILES string of the molecule is Cc1nn(-c2ccccn2)c2nc(C3CC3)cc(C(=O)NC3CC(c4cccs4)NN3)c12. The van der Waals surface area contributed by atoms with Gasteiger partial charge in [0.1, 0.15) is 0 Å². The molecule has 1 amide bonds. The number of fused-ring (bicyclic) bond motifs is 1. The normalized spacial score (nSPS) is 20.7. The number of pyridine rings is 2. The van der Waals surface area contributed by atoms with Gasteiger partial charge >= 0.3 is 0 Å². The second-order valence-corrected chi connectivity index (χ2v) is 9.35. The summed E-state index contributed by atoms with van der Waals surface area (Å²) in [5.74, 6) is 0.986. The largest absolute Gasteiger partial charge is 0.335 e. The van der Waals surface area contributed by atoms with Crippen molar-refractivity contribution in [3.05, 3.63) is 69.8 Å². The van der Waals surface area contributed by atoms with Crippen LogP contribution in [0.25, 0.3) is 16.9 Å². The highest BCUT2D eigenvalue weighted by molar-refractivity contribution is 7.10. The zero-order chi connectivity index (χ0) is 21.7. The fourth-order valence-corrected chi connectivity index (χ4v) is 5.07. The Kier molecular flexibility index (Phi) is 4.74. The third-order valence-corrected chi connectivity index (χ3v) is 7.02. The van der Waals surface area contributed by atoms with Crippen molar-refractivity contribution in [2.24, 2.45) is 0 Å². The van der Waals surface area contributed by atoms with Gasteiger partial charge in [0, 0.05) is 29.1 Å². The Hall–Kier alpha value is -3.14. The van der Waals surface area contributed by atoms with Crippen molar-refractivity contribution in [2.75, 3.05) is 0 Å². The second-order valence-electron chi connectivity index (χ2n) is 8.37. The van der Waals surface area contributed by atoms with Gasteiger partial charge in [-0.2, -0.15) is 9.78 Å². The van der Waals surface area contributed by atoms with Gasteiger partial charge in [-0.05, 0) is 49.4 Å². The summed E-state index contributed by atoms with van der Waals surface area (Å²) in [6, 6.07) is 12.0. The molecule has 6 rings (SSSR count). The van der Waals surface area contributed by atoms with Gasteiger partial charge < -0.3 is 5.32 Å². The fraction of sp³-hybridized carbons (Fsp3) is 0.304. The maximum atomic E-state index is 13.4. The lowest BCUT2D eigenvalue weighted by molar-refractivity contribution is 0.0933. The Balaban J connectivity index is 1.35. The van der Waals surface area contributed by atoms with Gasteiger partial charge in [0.2, 0.25) is 0 Å². The molecule has 4 aromatic rings. The average molecular weight is 446 g/mol. The highest BCUT2D eigenvalue weighted by Crippen LogP contribution is 2.40. The predicted molar refractivity (Wildman–Crippen MR) is 123 cm³/mol. The highest BCUT2D eigenvalue weighted by atomic mass is 32.1. The molecular formula is C23H23N7OS. The summed E-state index contributed by atoms with van der Waals surface area (Å²) in [5.41, 5.74) is 9.53. The zero-order valence-corrected chi connectivity index (χ0v) is 18.4. The average Bonchev–Trinajstić information content (AvgIpc) is 3.19. The number of aromatic nitrogens is 4. The number of carbonyl (C=O) groups excluding carboxylic acids is 1. The standard InChI is InChI=1S/C23H23N7OS/c1-13-21-15(23(31)26-19-12-17(27-28-19)18-5-4-10-32-18)11-16(14-7-8-14)25-22(21)30(29-13)20-6-2-3-9-24-20/h2-6,9-11,14,17,19,27-28H,7-8,12H2,1H3,(H,26,31). The number of aryl methyl sites for hydroxylation is 1. The molecule has 0 spiro atoms. The Morgan fingerprint density at radius 3 is 2.88 bits per heavy atom. The molecule has 2 aliphatic rings. The van der Waals surface area contributed by atoms with Gasteiger partial charge in [0.05, 0.1) is 28.9 Å². The molecule has 32 heavy (non-hydrogen) atoms. The lowest BCUT2D eigenvalue weighted by Crippen LogP contribution is -2.44. The Labute approximate surface area is 189 Å². The lowest BCUT2D eigenvalue weighted by atomic mass is 10.1. The van der Waals surface area contributed by atoms with Crippen molar-refractivity contribution < 1.29 is 4.79 Å². The summed E-state index contributed by atoms with van der Waals surface area (Å²) >= 11 is 1.71. The van der Waals surface area contributed by atoms with Crippen LogP contribution in [0.1, 0.15) is 57.8 Å². The van der Waals surface area contributed by atoms with Crippen molar-refractivity contribution in [2.45, 2.75) is 44.3 Å². The van der Waals surface area contributed by atoms with Crippen molar-refractivity contribution in [3.63, 3.8) is 0 Å². The first-order valence-corrected chi connectivity index (χ1v) is 11.7. The number of hydrogen-bond donors (Lipinski definition) is 3. The molecule has 8 nitrogen and oxygen atoms in total. The topological polar surface area (TPSA) is 96.8 Å². The van der Waals surface area contributed by atoms with Crippen LogP contribution in [-0.2, 0) is 0 Å². The number of rotatable bonds is 5. The first-order valence-electron chi connectivity index (χ1n) is 10.8.